The van der Waals surface area contributed by atoms with Crippen LogP contribution in [0, 0.1) is 18.3 Å². The fourth-order valence-electron chi connectivity index (χ4n) is 1.67. The van der Waals surface area contributed by atoms with E-state index in [1.165, 1.54) is 18.2 Å². The zero-order valence-electron chi connectivity index (χ0n) is 10.9. The number of aryl methyl sites for hydroxylation is 1. The molecule has 0 bridgehead atoms. The standard InChI is InChI=1S/C14H10BrClN2O2S/c1-9-2-5-12(15)14(6-9)18-21(19,20)11-4-3-10(8-17)13(16)7-11/h2-7,18H,1H3. The van der Waals surface area contributed by atoms with Gasteiger partial charge in [-0.05, 0) is 58.7 Å². The van der Waals surface area contributed by atoms with Crippen LogP contribution in [0.4, 0.5) is 5.69 Å². The third-order valence-corrected chi connectivity index (χ3v) is 5.10. The lowest BCUT2D eigenvalue weighted by Crippen LogP contribution is -2.13. The largest absolute Gasteiger partial charge is 0.278 e. The Bertz CT molecular complexity index is 845. The molecule has 0 spiro atoms. The Morgan fingerprint density at radius 1 is 1.24 bits per heavy atom. The smallest absolute Gasteiger partial charge is 0.261 e. The van der Waals surface area contributed by atoms with Gasteiger partial charge in [-0.3, -0.25) is 4.72 Å². The third kappa shape index (κ3) is 3.56. The number of nitrogens with one attached hydrogen (secondary N) is 1. The molecule has 0 amide bonds. The van der Waals surface area contributed by atoms with Crippen LogP contribution in [-0.4, -0.2) is 8.42 Å². The molecule has 0 saturated heterocycles. The van der Waals surface area contributed by atoms with Crippen molar-refractivity contribution in [2.75, 3.05) is 4.72 Å². The molecular formula is C14H10BrClN2O2S. The lowest BCUT2D eigenvalue weighted by Gasteiger charge is -2.11. The molecule has 0 saturated carbocycles. The molecule has 108 valence electrons. The number of hydrogen-bond acceptors (Lipinski definition) is 3. The second kappa shape index (κ2) is 6.06. The Morgan fingerprint density at radius 2 is 1.95 bits per heavy atom. The van der Waals surface area contributed by atoms with Crippen molar-refractivity contribution in [3.8, 4) is 6.07 Å². The van der Waals surface area contributed by atoms with Crippen molar-refractivity contribution >= 4 is 43.2 Å². The average molecular weight is 386 g/mol. The first kappa shape index (κ1) is 15.8. The van der Waals surface area contributed by atoms with Gasteiger partial charge in [-0.1, -0.05) is 17.7 Å². The molecule has 2 aromatic rings. The highest BCUT2D eigenvalue weighted by molar-refractivity contribution is 9.10. The summed E-state index contributed by atoms with van der Waals surface area (Å²) in [6.07, 6.45) is 0. The quantitative estimate of drug-likeness (QED) is 0.865. The van der Waals surface area contributed by atoms with E-state index in [1.807, 2.05) is 19.1 Å². The lowest BCUT2D eigenvalue weighted by atomic mass is 10.2. The van der Waals surface area contributed by atoms with Crippen LogP contribution >= 0.6 is 27.5 Å². The normalized spacial score (nSPS) is 11.0. The maximum atomic E-state index is 12.3. The first-order valence-electron chi connectivity index (χ1n) is 5.82. The minimum absolute atomic E-state index is 0.0000869. The first-order valence-corrected chi connectivity index (χ1v) is 8.47. The topological polar surface area (TPSA) is 70.0 Å². The average Bonchev–Trinajstić information content (AvgIpc) is 2.42. The van der Waals surface area contributed by atoms with Gasteiger partial charge < -0.3 is 0 Å². The highest BCUT2D eigenvalue weighted by atomic mass is 79.9. The molecule has 0 aromatic heterocycles. The summed E-state index contributed by atoms with van der Waals surface area (Å²) in [5, 5.41) is 8.91. The molecule has 0 heterocycles. The van der Waals surface area contributed by atoms with E-state index in [1.54, 1.807) is 12.1 Å². The maximum Gasteiger partial charge on any atom is 0.261 e. The van der Waals surface area contributed by atoms with Crippen LogP contribution in [0.2, 0.25) is 5.02 Å². The van der Waals surface area contributed by atoms with Crippen molar-refractivity contribution in [2.24, 2.45) is 0 Å². The molecule has 4 nitrogen and oxygen atoms in total. The number of rotatable bonds is 3. The zero-order valence-corrected chi connectivity index (χ0v) is 14.1. The van der Waals surface area contributed by atoms with Crippen LogP contribution in [0.1, 0.15) is 11.1 Å². The summed E-state index contributed by atoms with van der Waals surface area (Å²) < 4.78 is 27.8. The van der Waals surface area contributed by atoms with Gasteiger partial charge in [-0.15, -0.1) is 0 Å². The Labute approximate surface area is 136 Å². The van der Waals surface area contributed by atoms with Gasteiger partial charge in [0, 0.05) is 4.47 Å². The van der Waals surface area contributed by atoms with E-state index in [-0.39, 0.29) is 15.5 Å². The minimum Gasteiger partial charge on any atom is -0.278 e. The fourth-order valence-corrected chi connectivity index (χ4v) is 3.54. The third-order valence-electron chi connectivity index (χ3n) is 2.74. The second-order valence-corrected chi connectivity index (χ2v) is 7.29. The molecule has 1 N–H and O–H groups in total. The van der Waals surface area contributed by atoms with Crippen LogP contribution in [-0.2, 0) is 10.0 Å². The number of benzene rings is 2. The molecule has 21 heavy (non-hydrogen) atoms. The monoisotopic (exact) mass is 384 g/mol. The maximum absolute atomic E-state index is 12.3. The van der Waals surface area contributed by atoms with E-state index >= 15 is 0 Å². The van der Waals surface area contributed by atoms with Gasteiger partial charge >= 0.3 is 0 Å². The number of hydrogen-bond donors (Lipinski definition) is 1. The number of sulfonamides is 1. The van der Waals surface area contributed by atoms with Crippen molar-refractivity contribution in [1.29, 1.82) is 5.26 Å². The first-order chi connectivity index (χ1) is 9.83. The predicted molar refractivity (Wildman–Crippen MR) is 85.9 cm³/mol. The van der Waals surface area contributed by atoms with E-state index < -0.39 is 10.0 Å². The van der Waals surface area contributed by atoms with Gasteiger partial charge in [0.2, 0.25) is 0 Å². The Hall–Kier alpha value is -1.55. The van der Waals surface area contributed by atoms with Crippen LogP contribution in [0.25, 0.3) is 0 Å². The number of nitriles is 1. The molecule has 0 aliphatic carbocycles. The summed E-state index contributed by atoms with van der Waals surface area (Å²) >= 11 is 9.17. The molecule has 2 aromatic carbocycles. The Morgan fingerprint density at radius 3 is 2.57 bits per heavy atom. The van der Waals surface area contributed by atoms with Gasteiger partial charge in [0.05, 0.1) is 21.2 Å². The fraction of sp³-hybridized carbons (Fsp3) is 0.0714. The molecule has 0 radical (unpaired) electrons. The molecule has 0 aliphatic heterocycles. The Balaban J connectivity index is 2.41. The van der Waals surface area contributed by atoms with Crippen LogP contribution in [0.15, 0.2) is 45.8 Å². The van der Waals surface area contributed by atoms with Gasteiger partial charge in [-0.2, -0.15) is 5.26 Å². The molecule has 0 unspecified atom stereocenters. The van der Waals surface area contributed by atoms with Crippen molar-refractivity contribution < 1.29 is 8.42 Å². The molecule has 0 aliphatic rings. The van der Waals surface area contributed by atoms with Crippen LogP contribution < -0.4 is 4.72 Å². The predicted octanol–water partition coefficient (Wildman–Crippen LogP) is 4.08. The van der Waals surface area contributed by atoms with Crippen molar-refractivity contribution in [3.05, 3.63) is 57.0 Å². The summed E-state index contributed by atoms with van der Waals surface area (Å²) in [6, 6.07) is 11.2. The minimum atomic E-state index is -3.77. The van der Waals surface area contributed by atoms with Crippen LogP contribution in [0.5, 0.6) is 0 Å². The Kier molecular flexibility index (Phi) is 4.57. The summed E-state index contributed by atoms with van der Waals surface area (Å²) in [6.45, 7) is 1.86. The van der Waals surface area contributed by atoms with Crippen molar-refractivity contribution in [3.63, 3.8) is 0 Å². The molecule has 0 fully saturated rings. The highest BCUT2D eigenvalue weighted by Gasteiger charge is 2.17. The molecular weight excluding hydrogens is 376 g/mol. The highest BCUT2D eigenvalue weighted by Crippen LogP contribution is 2.27. The van der Waals surface area contributed by atoms with Crippen molar-refractivity contribution in [1.82, 2.24) is 0 Å². The van der Waals surface area contributed by atoms with Gasteiger partial charge in [-0.25, -0.2) is 8.42 Å². The van der Waals surface area contributed by atoms with E-state index in [4.69, 9.17) is 16.9 Å². The summed E-state index contributed by atoms with van der Waals surface area (Å²) in [4.78, 5) is -0.0000869. The SMILES string of the molecule is Cc1ccc(Br)c(NS(=O)(=O)c2ccc(C#N)c(Cl)c2)c1. The summed E-state index contributed by atoms with van der Waals surface area (Å²) in [5.41, 5.74) is 1.59. The number of halogens is 2. The molecule has 7 heteroatoms. The van der Waals surface area contributed by atoms with E-state index in [9.17, 15) is 8.42 Å². The van der Waals surface area contributed by atoms with Gasteiger partial charge in [0.1, 0.15) is 6.07 Å². The number of nitrogens with zero attached hydrogens (tertiary/aromatic N) is 1. The van der Waals surface area contributed by atoms with Crippen LogP contribution in [0.3, 0.4) is 0 Å². The summed E-state index contributed by atoms with van der Waals surface area (Å²) in [5.74, 6) is 0. The van der Waals surface area contributed by atoms with E-state index in [0.717, 1.165) is 5.56 Å². The molecule has 2 rings (SSSR count). The molecule has 0 atom stereocenters. The van der Waals surface area contributed by atoms with Gasteiger partial charge in [0.15, 0.2) is 0 Å². The second-order valence-electron chi connectivity index (χ2n) is 4.34. The van der Waals surface area contributed by atoms with E-state index in [0.29, 0.717) is 10.2 Å². The summed E-state index contributed by atoms with van der Waals surface area (Å²) in [7, 11) is -3.77. The van der Waals surface area contributed by atoms with Gasteiger partial charge in [0.25, 0.3) is 10.0 Å². The lowest BCUT2D eigenvalue weighted by molar-refractivity contribution is 0.601. The van der Waals surface area contributed by atoms with E-state index in [2.05, 4.69) is 20.7 Å². The van der Waals surface area contributed by atoms with Crippen molar-refractivity contribution in [2.45, 2.75) is 11.8 Å². The zero-order chi connectivity index (χ0) is 15.6. The number of anilines is 1.